The molecule has 0 bridgehead atoms. The molecule has 6 heteroatoms. The number of ether oxygens (including phenoxy) is 1. The summed E-state index contributed by atoms with van der Waals surface area (Å²) in [6.07, 6.45) is 3.10. The summed E-state index contributed by atoms with van der Waals surface area (Å²) >= 11 is 0. The molecule has 0 aromatic rings. The van der Waals surface area contributed by atoms with Crippen molar-refractivity contribution in [2.24, 2.45) is 0 Å². The average molecular weight is 242 g/mol. The number of hydrogen-bond donors (Lipinski definition) is 1. The maximum absolute atomic E-state index is 11.4. The third-order valence-electron chi connectivity index (χ3n) is 2.49. The van der Waals surface area contributed by atoms with Gasteiger partial charge in [-0.2, -0.15) is 0 Å². The van der Waals surface area contributed by atoms with Gasteiger partial charge in [-0.15, -0.1) is 0 Å². The molecule has 0 fully saturated rings. The van der Waals surface area contributed by atoms with Crippen molar-refractivity contribution in [3.05, 3.63) is 12.2 Å². The van der Waals surface area contributed by atoms with Crippen LogP contribution >= 0.6 is 0 Å². The SMILES string of the molecule is CN(C)C(=O)O[C@@H]1C=CCCN(C(=O)O)CC1. The highest BCUT2D eigenvalue weighted by atomic mass is 16.6. The van der Waals surface area contributed by atoms with Crippen molar-refractivity contribution in [1.82, 2.24) is 9.80 Å². The largest absolute Gasteiger partial charge is 0.465 e. The van der Waals surface area contributed by atoms with Crippen molar-refractivity contribution in [3.63, 3.8) is 0 Å². The van der Waals surface area contributed by atoms with E-state index in [1.54, 1.807) is 14.1 Å². The Kier molecular flexibility index (Phi) is 4.81. The zero-order valence-corrected chi connectivity index (χ0v) is 10.1. The van der Waals surface area contributed by atoms with Crippen molar-refractivity contribution in [1.29, 1.82) is 0 Å². The van der Waals surface area contributed by atoms with E-state index in [-0.39, 0.29) is 6.10 Å². The molecule has 0 aromatic heterocycles. The Morgan fingerprint density at radius 1 is 1.41 bits per heavy atom. The zero-order valence-electron chi connectivity index (χ0n) is 10.1. The van der Waals surface area contributed by atoms with E-state index >= 15 is 0 Å². The third kappa shape index (κ3) is 4.34. The molecule has 1 aliphatic heterocycles. The highest BCUT2D eigenvalue weighted by Crippen LogP contribution is 2.09. The lowest BCUT2D eigenvalue weighted by Crippen LogP contribution is -2.35. The Bertz CT molecular complexity index is 315. The second kappa shape index (κ2) is 6.12. The number of hydrogen-bond acceptors (Lipinski definition) is 3. The van der Waals surface area contributed by atoms with Crippen molar-refractivity contribution >= 4 is 12.2 Å². The van der Waals surface area contributed by atoms with Gasteiger partial charge in [0.2, 0.25) is 0 Å². The van der Waals surface area contributed by atoms with Gasteiger partial charge in [0.1, 0.15) is 6.10 Å². The van der Waals surface area contributed by atoms with Gasteiger partial charge in [-0.25, -0.2) is 9.59 Å². The molecule has 1 N–H and O–H groups in total. The lowest BCUT2D eigenvalue weighted by atomic mass is 10.1. The molecule has 0 spiro atoms. The molecule has 0 aromatic carbocycles. The van der Waals surface area contributed by atoms with Gasteiger partial charge in [0, 0.05) is 33.6 Å². The lowest BCUT2D eigenvalue weighted by molar-refractivity contribution is 0.0822. The molecule has 1 aliphatic rings. The van der Waals surface area contributed by atoms with Crippen LogP contribution in [0.25, 0.3) is 0 Å². The number of nitrogens with zero attached hydrogens (tertiary/aromatic N) is 2. The molecular weight excluding hydrogens is 224 g/mol. The quantitative estimate of drug-likeness (QED) is 0.705. The molecule has 0 unspecified atom stereocenters. The Hall–Kier alpha value is -1.72. The summed E-state index contributed by atoms with van der Waals surface area (Å²) in [5.41, 5.74) is 0. The van der Waals surface area contributed by atoms with Crippen LogP contribution in [0.3, 0.4) is 0 Å². The molecule has 2 amide bonds. The summed E-state index contributed by atoms with van der Waals surface area (Å²) in [4.78, 5) is 24.9. The molecule has 6 nitrogen and oxygen atoms in total. The van der Waals surface area contributed by atoms with E-state index in [4.69, 9.17) is 9.84 Å². The minimum absolute atomic E-state index is 0.355. The smallest absolute Gasteiger partial charge is 0.409 e. The van der Waals surface area contributed by atoms with Crippen LogP contribution in [0.4, 0.5) is 9.59 Å². The molecule has 1 heterocycles. The van der Waals surface area contributed by atoms with Gasteiger partial charge in [0.05, 0.1) is 0 Å². The number of amides is 2. The van der Waals surface area contributed by atoms with Crippen molar-refractivity contribution < 1.29 is 19.4 Å². The van der Waals surface area contributed by atoms with Crippen LogP contribution in [0.15, 0.2) is 12.2 Å². The first-order valence-electron chi connectivity index (χ1n) is 5.53. The summed E-state index contributed by atoms with van der Waals surface area (Å²) < 4.78 is 5.20. The summed E-state index contributed by atoms with van der Waals surface area (Å²) in [5.74, 6) is 0. The van der Waals surface area contributed by atoms with Gasteiger partial charge in [-0.05, 0) is 12.5 Å². The molecule has 17 heavy (non-hydrogen) atoms. The first-order valence-corrected chi connectivity index (χ1v) is 5.53. The second-order valence-corrected chi connectivity index (χ2v) is 4.09. The van der Waals surface area contributed by atoms with Crippen molar-refractivity contribution in [2.75, 3.05) is 27.2 Å². The fraction of sp³-hybridized carbons (Fsp3) is 0.636. The predicted molar refractivity (Wildman–Crippen MR) is 61.9 cm³/mol. The average Bonchev–Trinajstić information content (AvgIpc) is 2.21. The highest BCUT2D eigenvalue weighted by molar-refractivity contribution is 5.67. The Morgan fingerprint density at radius 2 is 2.12 bits per heavy atom. The van der Waals surface area contributed by atoms with Gasteiger partial charge >= 0.3 is 12.2 Å². The van der Waals surface area contributed by atoms with Crippen LogP contribution in [0.2, 0.25) is 0 Å². The molecule has 1 rings (SSSR count). The van der Waals surface area contributed by atoms with E-state index in [2.05, 4.69) is 0 Å². The first-order chi connectivity index (χ1) is 8.00. The molecule has 0 aliphatic carbocycles. The predicted octanol–water partition coefficient (Wildman–Crippen LogP) is 1.38. The van der Waals surface area contributed by atoms with E-state index in [0.717, 1.165) is 0 Å². The van der Waals surface area contributed by atoms with Crippen LogP contribution in [-0.2, 0) is 4.74 Å². The lowest BCUT2D eigenvalue weighted by Gasteiger charge is -2.24. The van der Waals surface area contributed by atoms with Gasteiger partial charge < -0.3 is 19.6 Å². The minimum Gasteiger partial charge on any atom is -0.465 e. The first kappa shape index (κ1) is 13.3. The van der Waals surface area contributed by atoms with E-state index in [1.165, 1.54) is 9.80 Å². The minimum atomic E-state index is -0.932. The van der Waals surface area contributed by atoms with E-state index in [9.17, 15) is 9.59 Å². The Labute approximate surface area is 100 Å². The fourth-order valence-corrected chi connectivity index (χ4v) is 1.49. The van der Waals surface area contributed by atoms with Crippen molar-refractivity contribution in [3.8, 4) is 0 Å². The number of carbonyl (C=O) groups excluding carboxylic acids is 1. The van der Waals surface area contributed by atoms with E-state index in [0.29, 0.717) is 25.9 Å². The number of carbonyl (C=O) groups is 2. The molecular formula is C11H18N2O4. The van der Waals surface area contributed by atoms with Crippen LogP contribution in [0, 0.1) is 0 Å². The highest BCUT2D eigenvalue weighted by Gasteiger charge is 2.18. The molecule has 0 saturated heterocycles. The fourth-order valence-electron chi connectivity index (χ4n) is 1.49. The summed E-state index contributed by atoms with van der Waals surface area (Å²) in [7, 11) is 3.22. The molecule has 96 valence electrons. The van der Waals surface area contributed by atoms with Crippen molar-refractivity contribution in [2.45, 2.75) is 18.9 Å². The van der Waals surface area contributed by atoms with Gasteiger partial charge in [0.15, 0.2) is 0 Å². The maximum atomic E-state index is 11.4. The standard InChI is InChI=1S/C11H18N2O4/c1-12(2)11(16)17-9-5-3-4-7-13(8-6-9)10(14)15/h3,5,9H,4,6-8H2,1-2H3,(H,14,15)/t9-/m1/s1. The van der Waals surface area contributed by atoms with E-state index < -0.39 is 12.2 Å². The zero-order chi connectivity index (χ0) is 12.8. The third-order valence-corrected chi connectivity index (χ3v) is 2.49. The van der Waals surface area contributed by atoms with Gasteiger partial charge in [0.25, 0.3) is 0 Å². The summed E-state index contributed by atoms with van der Waals surface area (Å²) in [6.45, 7) is 0.866. The molecule has 1 atom stereocenters. The summed E-state index contributed by atoms with van der Waals surface area (Å²) in [6, 6.07) is 0. The normalized spacial score (nSPS) is 20.4. The Morgan fingerprint density at radius 3 is 2.71 bits per heavy atom. The van der Waals surface area contributed by atoms with Crippen LogP contribution < -0.4 is 0 Å². The van der Waals surface area contributed by atoms with Crippen LogP contribution in [0.1, 0.15) is 12.8 Å². The molecule has 0 radical (unpaired) electrons. The molecule has 0 saturated carbocycles. The Balaban J connectivity index is 2.54. The second-order valence-electron chi connectivity index (χ2n) is 4.09. The number of carboxylic acid groups (broad SMARTS) is 1. The number of rotatable bonds is 1. The van der Waals surface area contributed by atoms with Crippen LogP contribution in [-0.4, -0.2) is 60.4 Å². The summed E-state index contributed by atoms with van der Waals surface area (Å²) in [5, 5.41) is 8.90. The van der Waals surface area contributed by atoms with Gasteiger partial charge in [-0.1, -0.05) is 6.08 Å². The van der Waals surface area contributed by atoms with Crippen LogP contribution in [0.5, 0.6) is 0 Å². The monoisotopic (exact) mass is 242 g/mol. The van der Waals surface area contributed by atoms with E-state index in [1.807, 2.05) is 12.2 Å². The topological polar surface area (TPSA) is 70.1 Å². The maximum Gasteiger partial charge on any atom is 0.409 e. The van der Waals surface area contributed by atoms with Gasteiger partial charge in [-0.3, -0.25) is 0 Å².